The number of pyridine rings is 1. The van der Waals surface area contributed by atoms with E-state index in [1.165, 1.54) is 12.3 Å². The van der Waals surface area contributed by atoms with E-state index >= 15 is 0 Å². The van der Waals surface area contributed by atoms with Gasteiger partial charge in [-0.3, -0.25) is 0 Å². The van der Waals surface area contributed by atoms with Gasteiger partial charge in [0.2, 0.25) is 10.0 Å². The number of nitrogens with two attached hydrogens (primary N) is 1. The number of anilines is 1. The molecule has 0 aliphatic heterocycles. The van der Waals surface area contributed by atoms with Crippen LogP contribution < -0.4 is 21.1 Å². The molecule has 0 unspecified atom stereocenters. The van der Waals surface area contributed by atoms with Gasteiger partial charge in [-0.25, -0.2) is 22.9 Å². The van der Waals surface area contributed by atoms with Crippen molar-refractivity contribution in [1.29, 1.82) is 0 Å². The fourth-order valence-electron chi connectivity index (χ4n) is 1.40. The Hall–Kier alpha value is -1.58. The topological polar surface area (TPSA) is 126 Å². The number of amides is 2. The lowest BCUT2D eigenvalue weighted by Crippen LogP contribution is -2.37. The van der Waals surface area contributed by atoms with Crippen molar-refractivity contribution >= 4 is 33.5 Å². The van der Waals surface area contributed by atoms with Gasteiger partial charge in [-0.15, -0.1) is 0 Å². The lowest BCUT2D eigenvalue weighted by Gasteiger charge is -2.10. The maximum atomic E-state index is 12.0. The predicted octanol–water partition coefficient (Wildman–Crippen LogP) is 0.504. The van der Waals surface area contributed by atoms with E-state index in [0.29, 0.717) is 12.4 Å². The highest BCUT2D eigenvalue weighted by Crippen LogP contribution is 2.22. The monoisotopic (exact) mass is 335 g/mol. The third kappa shape index (κ3) is 5.74. The number of hydrogen-bond acceptors (Lipinski definition) is 5. The molecule has 0 atom stereocenters. The standard InChI is InChI=1S/C11H18ClN5O3S/c1-2-3-14-10-9(12)6-8(7-16-10)21(19,20)17-5-4-15-11(13)18/h6-7,17H,2-5H2,1H3,(H,14,16)(H3,13,15,18). The second-order valence-corrected chi connectivity index (χ2v) is 6.29. The van der Waals surface area contributed by atoms with Crippen LogP contribution in [0, 0.1) is 0 Å². The van der Waals surface area contributed by atoms with Gasteiger partial charge in [0.15, 0.2) is 0 Å². The Bertz CT molecular complexity index is 594. The zero-order valence-corrected chi connectivity index (χ0v) is 13.1. The van der Waals surface area contributed by atoms with Crippen LogP contribution in [0.25, 0.3) is 0 Å². The molecule has 2 amide bonds. The van der Waals surface area contributed by atoms with Gasteiger partial charge < -0.3 is 16.4 Å². The SMILES string of the molecule is CCCNc1ncc(S(=O)(=O)NCCNC(N)=O)cc1Cl. The Morgan fingerprint density at radius 1 is 1.38 bits per heavy atom. The fraction of sp³-hybridized carbons (Fsp3) is 0.455. The number of carbonyl (C=O) groups is 1. The predicted molar refractivity (Wildman–Crippen MR) is 80.8 cm³/mol. The molecule has 1 aromatic rings. The number of urea groups is 1. The molecule has 0 bridgehead atoms. The van der Waals surface area contributed by atoms with Gasteiger partial charge in [0.05, 0.1) is 5.02 Å². The van der Waals surface area contributed by atoms with Crippen LogP contribution in [-0.4, -0.2) is 39.1 Å². The Morgan fingerprint density at radius 3 is 2.67 bits per heavy atom. The first kappa shape index (κ1) is 17.5. The molecule has 118 valence electrons. The van der Waals surface area contributed by atoms with E-state index in [0.717, 1.165) is 6.42 Å². The molecule has 0 aliphatic rings. The summed E-state index contributed by atoms with van der Waals surface area (Å²) in [6.07, 6.45) is 2.11. The van der Waals surface area contributed by atoms with Gasteiger partial charge >= 0.3 is 6.03 Å². The van der Waals surface area contributed by atoms with Gasteiger partial charge in [0.1, 0.15) is 10.7 Å². The van der Waals surface area contributed by atoms with Crippen molar-refractivity contribution < 1.29 is 13.2 Å². The number of aromatic nitrogens is 1. The molecule has 1 rings (SSSR count). The molecule has 8 nitrogen and oxygen atoms in total. The molecule has 0 saturated heterocycles. The molecule has 0 spiro atoms. The van der Waals surface area contributed by atoms with Crippen molar-refractivity contribution in [2.24, 2.45) is 5.73 Å². The number of rotatable bonds is 8. The summed E-state index contributed by atoms with van der Waals surface area (Å²) in [4.78, 5) is 14.4. The Morgan fingerprint density at radius 2 is 2.10 bits per heavy atom. The van der Waals surface area contributed by atoms with E-state index in [4.69, 9.17) is 17.3 Å². The zero-order chi connectivity index (χ0) is 15.9. The van der Waals surface area contributed by atoms with E-state index in [9.17, 15) is 13.2 Å². The summed E-state index contributed by atoms with van der Waals surface area (Å²) in [6, 6.07) is 0.599. The number of nitrogens with one attached hydrogen (secondary N) is 3. The van der Waals surface area contributed by atoms with E-state index in [-0.39, 0.29) is 23.0 Å². The van der Waals surface area contributed by atoms with Crippen LogP contribution in [0.1, 0.15) is 13.3 Å². The molecule has 0 radical (unpaired) electrons. The lowest BCUT2D eigenvalue weighted by atomic mass is 10.4. The summed E-state index contributed by atoms with van der Waals surface area (Å²) < 4.78 is 26.3. The van der Waals surface area contributed by atoms with Crippen molar-refractivity contribution in [3.8, 4) is 0 Å². The number of primary amides is 1. The lowest BCUT2D eigenvalue weighted by molar-refractivity contribution is 0.249. The van der Waals surface area contributed by atoms with E-state index in [1.54, 1.807) is 0 Å². The minimum atomic E-state index is -3.73. The molecular formula is C11H18ClN5O3S. The number of hydrogen-bond donors (Lipinski definition) is 4. The van der Waals surface area contributed by atoms with Crippen molar-refractivity contribution in [3.05, 3.63) is 17.3 Å². The third-order valence-corrected chi connectivity index (χ3v) is 4.10. The van der Waals surface area contributed by atoms with Crippen molar-refractivity contribution in [3.63, 3.8) is 0 Å². The van der Waals surface area contributed by atoms with E-state index in [1.807, 2.05) is 6.92 Å². The summed E-state index contributed by atoms with van der Waals surface area (Å²) in [5, 5.41) is 5.48. The summed E-state index contributed by atoms with van der Waals surface area (Å²) in [7, 11) is -3.73. The molecule has 0 saturated carbocycles. The van der Waals surface area contributed by atoms with Gasteiger partial charge in [-0.1, -0.05) is 18.5 Å². The normalized spacial score (nSPS) is 11.1. The summed E-state index contributed by atoms with van der Waals surface area (Å²) in [5.41, 5.74) is 4.87. The van der Waals surface area contributed by atoms with E-state index < -0.39 is 16.1 Å². The van der Waals surface area contributed by atoms with Crippen LogP contribution in [0.15, 0.2) is 17.2 Å². The molecule has 10 heteroatoms. The van der Waals surface area contributed by atoms with Crippen LogP contribution in [-0.2, 0) is 10.0 Å². The number of nitrogens with zero attached hydrogens (tertiary/aromatic N) is 1. The number of sulfonamides is 1. The molecule has 21 heavy (non-hydrogen) atoms. The first-order valence-electron chi connectivity index (χ1n) is 6.29. The average Bonchev–Trinajstić information content (AvgIpc) is 2.42. The van der Waals surface area contributed by atoms with Crippen LogP contribution in [0.3, 0.4) is 0 Å². The first-order valence-corrected chi connectivity index (χ1v) is 8.15. The minimum Gasteiger partial charge on any atom is -0.369 e. The van der Waals surface area contributed by atoms with Crippen molar-refractivity contribution in [1.82, 2.24) is 15.0 Å². The number of halogens is 1. The Balaban J connectivity index is 2.70. The summed E-state index contributed by atoms with van der Waals surface area (Å²) in [5.74, 6) is 0.438. The summed E-state index contributed by atoms with van der Waals surface area (Å²) >= 11 is 5.98. The fourth-order valence-corrected chi connectivity index (χ4v) is 2.70. The molecular weight excluding hydrogens is 318 g/mol. The maximum Gasteiger partial charge on any atom is 0.312 e. The van der Waals surface area contributed by atoms with Gasteiger partial charge in [0, 0.05) is 25.8 Å². The highest BCUT2D eigenvalue weighted by atomic mass is 35.5. The second-order valence-electron chi connectivity index (χ2n) is 4.12. The molecule has 0 aromatic carbocycles. The highest BCUT2D eigenvalue weighted by Gasteiger charge is 2.16. The molecule has 5 N–H and O–H groups in total. The highest BCUT2D eigenvalue weighted by molar-refractivity contribution is 7.89. The minimum absolute atomic E-state index is 0.0126. The van der Waals surface area contributed by atoms with Crippen molar-refractivity contribution in [2.75, 3.05) is 25.0 Å². The second kappa shape index (κ2) is 8.01. The Kier molecular flexibility index (Phi) is 6.66. The third-order valence-electron chi connectivity index (χ3n) is 2.39. The average molecular weight is 336 g/mol. The molecule has 1 aromatic heterocycles. The van der Waals surface area contributed by atoms with Crippen LogP contribution in [0.4, 0.5) is 10.6 Å². The summed E-state index contributed by atoms with van der Waals surface area (Å²) in [6.45, 7) is 2.78. The largest absolute Gasteiger partial charge is 0.369 e. The van der Waals surface area contributed by atoms with Gasteiger partial charge in [-0.2, -0.15) is 0 Å². The van der Waals surface area contributed by atoms with E-state index in [2.05, 4.69) is 20.3 Å². The van der Waals surface area contributed by atoms with Gasteiger partial charge in [-0.05, 0) is 12.5 Å². The Labute approximate surface area is 128 Å². The van der Waals surface area contributed by atoms with Gasteiger partial charge in [0.25, 0.3) is 0 Å². The zero-order valence-electron chi connectivity index (χ0n) is 11.5. The molecule has 0 fully saturated rings. The molecule has 0 aliphatic carbocycles. The smallest absolute Gasteiger partial charge is 0.312 e. The quantitative estimate of drug-likeness (QED) is 0.515. The number of carbonyl (C=O) groups excluding carboxylic acids is 1. The first-order chi connectivity index (χ1) is 9.86. The van der Waals surface area contributed by atoms with Crippen LogP contribution >= 0.6 is 11.6 Å². The maximum absolute atomic E-state index is 12.0. The van der Waals surface area contributed by atoms with Crippen LogP contribution in [0.2, 0.25) is 5.02 Å². The van der Waals surface area contributed by atoms with Crippen LogP contribution in [0.5, 0.6) is 0 Å². The van der Waals surface area contributed by atoms with Crippen molar-refractivity contribution in [2.45, 2.75) is 18.2 Å². The molecule has 1 heterocycles.